The van der Waals surface area contributed by atoms with Gasteiger partial charge >= 0.3 is 0 Å². The lowest BCUT2D eigenvalue weighted by atomic mass is 9.97. The van der Waals surface area contributed by atoms with Crippen LogP contribution in [0.1, 0.15) is 42.0 Å². The molecule has 0 spiro atoms. The Hall–Kier alpha value is -3.73. The SMILES string of the molecule is Cc1ccc(C2=C(Nc3ccc(C(C)C)cc3)C(=O)N(c3ccc(F)cc3)C2=O)c(C)c1. The molecule has 3 aromatic carbocycles. The first-order chi connectivity index (χ1) is 15.3. The highest BCUT2D eigenvalue weighted by Crippen LogP contribution is 2.35. The lowest BCUT2D eigenvalue weighted by Crippen LogP contribution is -2.32. The first kappa shape index (κ1) is 21.5. The molecule has 0 aliphatic carbocycles. The van der Waals surface area contributed by atoms with E-state index in [1.54, 1.807) is 0 Å². The fraction of sp³-hybridized carbons (Fsp3) is 0.185. The van der Waals surface area contributed by atoms with Gasteiger partial charge in [-0.2, -0.15) is 0 Å². The second-order valence-electron chi connectivity index (χ2n) is 8.39. The van der Waals surface area contributed by atoms with Gasteiger partial charge in [-0.05, 0) is 72.9 Å². The van der Waals surface area contributed by atoms with Crippen LogP contribution in [-0.4, -0.2) is 11.8 Å². The molecule has 0 bridgehead atoms. The van der Waals surface area contributed by atoms with E-state index in [0.29, 0.717) is 28.4 Å². The molecule has 0 aromatic heterocycles. The number of benzene rings is 3. The Bertz CT molecular complexity index is 1230. The maximum Gasteiger partial charge on any atom is 0.282 e. The van der Waals surface area contributed by atoms with Crippen LogP contribution in [0.2, 0.25) is 0 Å². The predicted octanol–water partition coefficient (Wildman–Crippen LogP) is 5.96. The molecule has 0 saturated carbocycles. The molecule has 0 radical (unpaired) electrons. The van der Waals surface area contributed by atoms with Gasteiger partial charge in [0.1, 0.15) is 11.5 Å². The Kier molecular flexibility index (Phi) is 5.66. The summed E-state index contributed by atoms with van der Waals surface area (Å²) in [5, 5.41) is 3.18. The summed E-state index contributed by atoms with van der Waals surface area (Å²) in [5.41, 5.74) is 5.41. The van der Waals surface area contributed by atoms with Crippen LogP contribution in [-0.2, 0) is 9.59 Å². The van der Waals surface area contributed by atoms with Crippen molar-refractivity contribution in [3.8, 4) is 0 Å². The number of nitrogens with one attached hydrogen (secondary N) is 1. The third kappa shape index (κ3) is 3.94. The van der Waals surface area contributed by atoms with Gasteiger partial charge in [0.2, 0.25) is 0 Å². The second-order valence-corrected chi connectivity index (χ2v) is 8.39. The Morgan fingerprint density at radius 3 is 2.09 bits per heavy atom. The van der Waals surface area contributed by atoms with E-state index in [4.69, 9.17) is 0 Å². The van der Waals surface area contributed by atoms with Crippen LogP contribution in [0.15, 0.2) is 72.4 Å². The van der Waals surface area contributed by atoms with Crippen molar-refractivity contribution >= 4 is 28.8 Å². The molecule has 0 unspecified atom stereocenters. The number of hydrogen-bond acceptors (Lipinski definition) is 3. The van der Waals surface area contributed by atoms with Gasteiger partial charge in [-0.3, -0.25) is 9.59 Å². The maximum absolute atomic E-state index is 13.5. The zero-order valence-corrected chi connectivity index (χ0v) is 18.6. The Morgan fingerprint density at radius 2 is 1.50 bits per heavy atom. The molecule has 0 atom stereocenters. The van der Waals surface area contributed by atoms with Gasteiger partial charge in [0.15, 0.2) is 0 Å². The first-order valence-corrected chi connectivity index (χ1v) is 10.6. The minimum atomic E-state index is -0.468. The highest BCUT2D eigenvalue weighted by atomic mass is 19.1. The number of aryl methyl sites for hydroxylation is 2. The minimum Gasteiger partial charge on any atom is -0.350 e. The molecule has 162 valence electrons. The summed E-state index contributed by atoms with van der Waals surface area (Å²) in [6.45, 7) is 8.13. The molecular weight excluding hydrogens is 403 g/mol. The molecule has 1 heterocycles. The quantitative estimate of drug-likeness (QED) is 0.510. The average Bonchev–Trinajstić information content (AvgIpc) is 2.99. The van der Waals surface area contributed by atoms with Gasteiger partial charge < -0.3 is 5.32 Å². The minimum absolute atomic E-state index is 0.212. The van der Waals surface area contributed by atoms with Gasteiger partial charge in [-0.1, -0.05) is 49.7 Å². The number of amides is 2. The van der Waals surface area contributed by atoms with Crippen LogP contribution in [0.25, 0.3) is 5.57 Å². The zero-order valence-electron chi connectivity index (χ0n) is 18.6. The number of halogens is 1. The molecule has 0 saturated heterocycles. The topological polar surface area (TPSA) is 49.4 Å². The van der Waals surface area contributed by atoms with Crippen molar-refractivity contribution in [3.05, 3.63) is 100 Å². The van der Waals surface area contributed by atoms with Crippen LogP contribution in [0.4, 0.5) is 15.8 Å². The first-order valence-electron chi connectivity index (χ1n) is 10.6. The summed E-state index contributed by atoms with van der Waals surface area (Å²) in [7, 11) is 0. The van der Waals surface area contributed by atoms with Crippen LogP contribution in [0.3, 0.4) is 0 Å². The lowest BCUT2D eigenvalue weighted by Gasteiger charge is -2.15. The summed E-state index contributed by atoms with van der Waals surface area (Å²) < 4.78 is 13.4. The largest absolute Gasteiger partial charge is 0.350 e. The van der Waals surface area contributed by atoms with Gasteiger partial charge in [0, 0.05) is 5.69 Å². The van der Waals surface area contributed by atoms with E-state index in [1.807, 2.05) is 56.3 Å². The van der Waals surface area contributed by atoms with Crippen LogP contribution >= 0.6 is 0 Å². The molecule has 1 N–H and O–H groups in total. The van der Waals surface area contributed by atoms with Crippen molar-refractivity contribution in [1.82, 2.24) is 0 Å². The summed E-state index contributed by atoms with van der Waals surface area (Å²) >= 11 is 0. The lowest BCUT2D eigenvalue weighted by molar-refractivity contribution is -0.120. The van der Waals surface area contributed by atoms with E-state index < -0.39 is 17.6 Å². The van der Waals surface area contributed by atoms with Crippen molar-refractivity contribution in [1.29, 1.82) is 0 Å². The molecule has 1 aliphatic rings. The fourth-order valence-electron chi connectivity index (χ4n) is 3.91. The molecule has 32 heavy (non-hydrogen) atoms. The van der Waals surface area contributed by atoms with Crippen molar-refractivity contribution in [2.75, 3.05) is 10.2 Å². The molecule has 4 rings (SSSR count). The number of hydrogen-bond donors (Lipinski definition) is 1. The number of carbonyl (C=O) groups excluding carboxylic acids is 2. The van der Waals surface area contributed by atoms with Gasteiger partial charge in [-0.25, -0.2) is 9.29 Å². The maximum atomic E-state index is 13.5. The van der Waals surface area contributed by atoms with E-state index in [0.717, 1.165) is 16.0 Å². The highest BCUT2D eigenvalue weighted by molar-refractivity contribution is 6.46. The average molecular weight is 429 g/mol. The third-order valence-corrected chi connectivity index (χ3v) is 5.67. The van der Waals surface area contributed by atoms with Crippen LogP contribution in [0, 0.1) is 19.7 Å². The molecular formula is C27H25FN2O2. The monoisotopic (exact) mass is 428 g/mol. The summed E-state index contributed by atoms with van der Waals surface area (Å²) in [6, 6.07) is 18.9. The van der Waals surface area contributed by atoms with Gasteiger partial charge in [0.25, 0.3) is 11.8 Å². The van der Waals surface area contributed by atoms with Crippen LogP contribution < -0.4 is 10.2 Å². The highest BCUT2D eigenvalue weighted by Gasteiger charge is 2.40. The molecule has 2 amide bonds. The Balaban J connectivity index is 1.81. The van der Waals surface area contributed by atoms with E-state index in [-0.39, 0.29) is 5.70 Å². The number of rotatable bonds is 5. The smallest absolute Gasteiger partial charge is 0.282 e. The number of imide groups is 1. The third-order valence-electron chi connectivity index (χ3n) is 5.67. The predicted molar refractivity (Wildman–Crippen MR) is 126 cm³/mol. The van der Waals surface area contributed by atoms with Crippen molar-refractivity contribution in [2.45, 2.75) is 33.6 Å². The van der Waals surface area contributed by atoms with E-state index in [2.05, 4.69) is 19.2 Å². The fourth-order valence-corrected chi connectivity index (χ4v) is 3.91. The van der Waals surface area contributed by atoms with E-state index in [9.17, 15) is 14.0 Å². The van der Waals surface area contributed by atoms with Crippen molar-refractivity contribution in [2.24, 2.45) is 0 Å². The molecule has 5 heteroatoms. The number of nitrogens with zero attached hydrogens (tertiary/aromatic N) is 1. The number of anilines is 2. The van der Waals surface area contributed by atoms with Gasteiger partial charge in [0.05, 0.1) is 11.3 Å². The second kappa shape index (κ2) is 8.42. The molecule has 3 aromatic rings. The molecule has 1 aliphatic heterocycles. The summed E-state index contributed by atoms with van der Waals surface area (Å²) in [6.07, 6.45) is 0. The Labute approximate surface area is 187 Å². The normalized spacial score (nSPS) is 14.0. The summed E-state index contributed by atoms with van der Waals surface area (Å²) in [5.74, 6) is -0.948. The molecule has 0 fully saturated rings. The van der Waals surface area contributed by atoms with Crippen molar-refractivity contribution in [3.63, 3.8) is 0 Å². The molecule has 4 nitrogen and oxygen atoms in total. The van der Waals surface area contributed by atoms with Crippen molar-refractivity contribution < 1.29 is 14.0 Å². The summed E-state index contributed by atoms with van der Waals surface area (Å²) in [4.78, 5) is 28.0. The number of carbonyl (C=O) groups is 2. The Morgan fingerprint density at radius 1 is 0.844 bits per heavy atom. The van der Waals surface area contributed by atoms with E-state index >= 15 is 0 Å². The standard InChI is InChI=1S/C27H25FN2O2/c1-16(2)19-6-10-21(11-7-19)29-25-24(23-14-5-17(3)15-18(23)4)26(31)30(27(25)32)22-12-8-20(28)9-13-22/h5-16,29H,1-4H3. The van der Waals surface area contributed by atoms with E-state index in [1.165, 1.54) is 29.8 Å². The zero-order chi connectivity index (χ0) is 23.0. The van der Waals surface area contributed by atoms with Gasteiger partial charge in [-0.15, -0.1) is 0 Å². The van der Waals surface area contributed by atoms with Crippen LogP contribution in [0.5, 0.6) is 0 Å².